The van der Waals surface area contributed by atoms with Crippen LogP contribution in [0, 0.1) is 20.8 Å². The Labute approximate surface area is 156 Å². The van der Waals surface area contributed by atoms with E-state index < -0.39 is 0 Å². The van der Waals surface area contributed by atoms with Crippen LogP contribution in [0.15, 0.2) is 51.1 Å². The average molecular weight is 361 g/mol. The highest BCUT2D eigenvalue weighted by molar-refractivity contribution is 6.54. The lowest BCUT2D eigenvalue weighted by molar-refractivity contribution is -0.111. The third-order valence-electron chi connectivity index (χ3n) is 4.70. The molecule has 0 fully saturated rings. The maximum atomic E-state index is 12.4. The number of benzene rings is 1. The number of aryl methyl sites for hydroxylation is 2. The summed E-state index contributed by atoms with van der Waals surface area (Å²) in [5.74, 6) is 1.33. The summed E-state index contributed by atoms with van der Waals surface area (Å²) >= 11 is 0. The Morgan fingerprint density at radius 3 is 2.67 bits per heavy atom. The second-order valence-electron chi connectivity index (χ2n) is 6.53. The van der Waals surface area contributed by atoms with Gasteiger partial charge in [0.25, 0.3) is 5.91 Å². The van der Waals surface area contributed by atoms with Crippen molar-refractivity contribution in [1.29, 1.82) is 0 Å². The Balaban J connectivity index is 1.67. The van der Waals surface area contributed by atoms with E-state index in [1.165, 1.54) is 0 Å². The molecule has 0 N–H and O–H groups in total. The van der Waals surface area contributed by atoms with Gasteiger partial charge < -0.3 is 9.42 Å². The van der Waals surface area contributed by atoms with Gasteiger partial charge in [0, 0.05) is 35.6 Å². The zero-order chi connectivity index (χ0) is 19.1. The van der Waals surface area contributed by atoms with E-state index in [0.717, 1.165) is 39.8 Å². The standard InChI is InChI=1S/C20H19N5O2/c1-12-9-15(14(3)25(12)18-10-13(2)27-23-18)11-21-22-19-16-7-5-6-8-17(16)24(4)20(19)26/h5-11H,1-4H3/b21-11-,22-19+. The molecule has 1 aromatic carbocycles. The van der Waals surface area contributed by atoms with Crippen LogP contribution in [-0.2, 0) is 4.79 Å². The number of carbonyl (C=O) groups excluding carboxylic acids is 1. The van der Waals surface area contributed by atoms with Gasteiger partial charge in [-0.1, -0.05) is 23.4 Å². The van der Waals surface area contributed by atoms with Crippen LogP contribution in [0.1, 0.15) is 28.3 Å². The van der Waals surface area contributed by atoms with E-state index in [-0.39, 0.29) is 5.91 Å². The molecule has 1 aliphatic heterocycles. The van der Waals surface area contributed by atoms with Gasteiger partial charge in [-0.15, -0.1) is 5.10 Å². The van der Waals surface area contributed by atoms with E-state index in [1.54, 1.807) is 18.2 Å². The molecule has 0 atom stereocenters. The molecule has 27 heavy (non-hydrogen) atoms. The summed E-state index contributed by atoms with van der Waals surface area (Å²) in [6.07, 6.45) is 1.66. The van der Waals surface area contributed by atoms with E-state index in [2.05, 4.69) is 15.4 Å². The van der Waals surface area contributed by atoms with Crippen molar-refractivity contribution in [2.75, 3.05) is 11.9 Å². The number of para-hydroxylation sites is 1. The van der Waals surface area contributed by atoms with E-state index in [9.17, 15) is 4.79 Å². The topological polar surface area (TPSA) is 76.0 Å². The van der Waals surface area contributed by atoms with Crippen LogP contribution >= 0.6 is 0 Å². The molecule has 136 valence electrons. The fourth-order valence-corrected chi connectivity index (χ4v) is 3.32. The molecule has 3 aromatic rings. The lowest BCUT2D eigenvalue weighted by atomic mass is 10.1. The largest absolute Gasteiger partial charge is 0.360 e. The summed E-state index contributed by atoms with van der Waals surface area (Å²) in [4.78, 5) is 14.0. The number of rotatable bonds is 3. The second kappa shape index (κ2) is 6.35. The van der Waals surface area contributed by atoms with Gasteiger partial charge in [-0.3, -0.25) is 9.36 Å². The SMILES string of the molecule is Cc1cc(-n2c(C)cc(/C=N\N=C3\C(=O)N(C)c4ccccc43)c2C)no1. The molecule has 0 saturated heterocycles. The molecule has 7 heteroatoms. The van der Waals surface area contributed by atoms with Crippen molar-refractivity contribution in [3.63, 3.8) is 0 Å². The third-order valence-corrected chi connectivity index (χ3v) is 4.70. The molecule has 0 bridgehead atoms. The van der Waals surface area contributed by atoms with Gasteiger partial charge in [0.1, 0.15) is 5.76 Å². The Bertz CT molecular complexity index is 1100. The molecule has 0 spiro atoms. The third kappa shape index (κ3) is 2.77. The monoisotopic (exact) mass is 361 g/mol. The predicted octanol–water partition coefficient (Wildman–Crippen LogP) is 3.19. The van der Waals surface area contributed by atoms with E-state index >= 15 is 0 Å². The fraction of sp³-hybridized carbons (Fsp3) is 0.200. The minimum Gasteiger partial charge on any atom is -0.360 e. The molecule has 0 radical (unpaired) electrons. The van der Waals surface area contributed by atoms with Crippen molar-refractivity contribution in [2.24, 2.45) is 10.2 Å². The van der Waals surface area contributed by atoms with Gasteiger partial charge in [0.15, 0.2) is 11.5 Å². The number of nitrogens with zero attached hydrogens (tertiary/aromatic N) is 5. The number of amides is 1. The maximum Gasteiger partial charge on any atom is 0.279 e. The Morgan fingerprint density at radius 2 is 1.93 bits per heavy atom. The first-order chi connectivity index (χ1) is 13.0. The van der Waals surface area contributed by atoms with Crippen LogP contribution < -0.4 is 4.90 Å². The maximum absolute atomic E-state index is 12.4. The molecular weight excluding hydrogens is 342 g/mol. The number of hydrogen-bond donors (Lipinski definition) is 0. The van der Waals surface area contributed by atoms with E-state index in [4.69, 9.17) is 4.52 Å². The molecule has 0 unspecified atom stereocenters. The molecule has 0 aliphatic carbocycles. The van der Waals surface area contributed by atoms with E-state index in [1.807, 2.05) is 61.7 Å². The molecule has 7 nitrogen and oxygen atoms in total. The Kier molecular flexibility index (Phi) is 3.99. The smallest absolute Gasteiger partial charge is 0.279 e. The van der Waals surface area contributed by atoms with Crippen molar-refractivity contribution in [2.45, 2.75) is 20.8 Å². The minimum absolute atomic E-state index is 0.156. The van der Waals surface area contributed by atoms with Crippen molar-refractivity contribution in [3.8, 4) is 5.82 Å². The first kappa shape index (κ1) is 17.0. The van der Waals surface area contributed by atoms with Crippen molar-refractivity contribution < 1.29 is 9.32 Å². The summed E-state index contributed by atoms with van der Waals surface area (Å²) in [6.45, 7) is 5.83. The quantitative estimate of drug-likeness (QED) is 0.531. The van der Waals surface area contributed by atoms with Crippen LogP contribution in [0.3, 0.4) is 0 Å². The first-order valence-corrected chi connectivity index (χ1v) is 8.58. The molecule has 2 aromatic heterocycles. The average Bonchev–Trinajstić information content (AvgIpc) is 3.26. The van der Waals surface area contributed by atoms with Gasteiger partial charge in [-0.2, -0.15) is 5.10 Å². The highest BCUT2D eigenvalue weighted by atomic mass is 16.5. The summed E-state index contributed by atoms with van der Waals surface area (Å²) < 4.78 is 7.17. The number of likely N-dealkylation sites (N-methyl/N-ethyl adjacent to an activating group) is 1. The second-order valence-corrected chi connectivity index (χ2v) is 6.53. The summed E-state index contributed by atoms with van der Waals surface area (Å²) in [5.41, 5.74) is 4.88. The zero-order valence-electron chi connectivity index (χ0n) is 15.6. The Morgan fingerprint density at radius 1 is 1.15 bits per heavy atom. The molecule has 1 amide bonds. The highest BCUT2D eigenvalue weighted by Crippen LogP contribution is 2.27. The minimum atomic E-state index is -0.156. The number of carbonyl (C=O) groups is 1. The normalized spacial score (nSPS) is 15.3. The first-order valence-electron chi connectivity index (χ1n) is 8.58. The summed E-state index contributed by atoms with van der Waals surface area (Å²) in [6, 6.07) is 11.4. The van der Waals surface area contributed by atoms with Crippen molar-refractivity contribution >= 4 is 23.5 Å². The van der Waals surface area contributed by atoms with Crippen LogP contribution in [-0.4, -0.2) is 34.6 Å². The van der Waals surface area contributed by atoms with Gasteiger partial charge in [-0.25, -0.2) is 0 Å². The van der Waals surface area contributed by atoms with Crippen LogP contribution in [0.2, 0.25) is 0 Å². The molecular formula is C20H19N5O2. The highest BCUT2D eigenvalue weighted by Gasteiger charge is 2.31. The zero-order valence-corrected chi connectivity index (χ0v) is 15.6. The number of hydrogen-bond acceptors (Lipinski definition) is 5. The number of fused-ring (bicyclic) bond motifs is 1. The molecule has 4 rings (SSSR count). The van der Waals surface area contributed by atoms with Gasteiger partial charge >= 0.3 is 0 Å². The lowest BCUT2D eigenvalue weighted by Crippen LogP contribution is -2.25. The number of aromatic nitrogens is 2. The van der Waals surface area contributed by atoms with Crippen LogP contribution in [0.4, 0.5) is 5.69 Å². The Hall–Kier alpha value is -3.48. The predicted molar refractivity (Wildman–Crippen MR) is 104 cm³/mol. The molecule has 1 aliphatic rings. The van der Waals surface area contributed by atoms with Gasteiger partial charge in [0.2, 0.25) is 0 Å². The molecule has 0 saturated carbocycles. The van der Waals surface area contributed by atoms with Crippen LogP contribution in [0.25, 0.3) is 5.82 Å². The van der Waals surface area contributed by atoms with Crippen LogP contribution in [0.5, 0.6) is 0 Å². The number of anilines is 1. The van der Waals surface area contributed by atoms with Crippen molar-refractivity contribution in [1.82, 2.24) is 9.72 Å². The van der Waals surface area contributed by atoms with Crippen molar-refractivity contribution in [3.05, 3.63) is 64.7 Å². The summed E-state index contributed by atoms with van der Waals surface area (Å²) in [7, 11) is 1.74. The fourth-order valence-electron chi connectivity index (χ4n) is 3.32. The summed E-state index contributed by atoms with van der Waals surface area (Å²) in [5, 5.41) is 12.5. The van der Waals surface area contributed by atoms with E-state index in [0.29, 0.717) is 5.71 Å². The van der Waals surface area contributed by atoms with Gasteiger partial charge in [0.05, 0.1) is 11.9 Å². The lowest BCUT2D eigenvalue weighted by Gasteiger charge is -2.07. The molecule has 3 heterocycles. The van der Waals surface area contributed by atoms with Gasteiger partial charge in [-0.05, 0) is 32.9 Å².